The molecule has 0 aliphatic carbocycles. The number of carbonyl (C=O) groups is 1. The Labute approximate surface area is 125 Å². The number of carbonyl (C=O) groups excluding carboxylic acids is 1. The molecule has 0 bridgehead atoms. The van der Waals surface area contributed by atoms with Gasteiger partial charge in [-0.05, 0) is 17.5 Å². The zero-order valence-corrected chi connectivity index (χ0v) is 11.9. The van der Waals surface area contributed by atoms with Crippen LogP contribution >= 0.6 is 0 Å². The second-order valence-electron chi connectivity index (χ2n) is 5.33. The van der Waals surface area contributed by atoms with E-state index in [-0.39, 0.29) is 12.0 Å². The highest BCUT2D eigenvalue weighted by atomic mass is 16.5. The van der Waals surface area contributed by atoms with Crippen LogP contribution in [0.4, 0.5) is 0 Å². The number of hydrogen-bond acceptors (Lipinski definition) is 3. The third-order valence-electron chi connectivity index (χ3n) is 3.84. The maximum absolute atomic E-state index is 12.1. The molecule has 1 saturated heterocycles. The van der Waals surface area contributed by atoms with Gasteiger partial charge in [-0.1, -0.05) is 60.7 Å². The quantitative estimate of drug-likeness (QED) is 0.807. The predicted molar refractivity (Wildman–Crippen MR) is 81.7 cm³/mol. The van der Waals surface area contributed by atoms with Crippen molar-refractivity contribution in [3.8, 4) is 0 Å². The Morgan fingerprint density at radius 1 is 0.952 bits per heavy atom. The van der Waals surface area contributed by atoms with Gasteiger partial charge in [0.2, 0.25) is 0 Å². The van der Waals surface area contributed by atoms with Crippen LogP contribution in [0.25, 0.3) is 0 Å². The van der Waals surface area contributed by atoms with Gasteiger partial charge in [0, 0.05) is 13.1 Å². The van der Waals surface area contributed by atoms with Crippen molar-refractivity contribution in [1.82, 2.24) is 4.90 Å². The standard InChI is InChI=1S/C18H19NO2/c20-18-17(13-15-7-3-1-4-8-15)19(11-12-21-18)14-16-9-5-2-6-10-16/h1-10,17H,11-14H2/t17-/m0/s1. The summed E-state index contributed by atoms with van der Waals surface area (Å²) in [6, 6.07) is 20.2. The number of morpholine rings is 1. The summed E-state index contributed by atoms with van der Waals surface area (Å²) in [5.74, 6) is -0.110. The van der Waals surface area contributed by atoms with E-state index in [9.17, 15) is 4.79 Å². The molecule has 0 spiro atoms. The molecule has 3 nitrogen and oxygen atoms in total. The van der Waals surface area contributed by atoms with Crippen LogP contribution in [0, 0.1) is 0 Å². The molecule has 1 aliphatic rings. The monoisotopic (exact) mass is 281 g/mol. The summed E-state index contributed by atoms with van der Waals surface area (Å²) < 4.78 is 5.25. The summed E-state index contributed by atoms with van der Waals surface area (Å²) in [4.78, 5) is 14.4. The van der Waals surface area contributed by atoms with E-state index in [1.54, 1.807) is 0 Å². The van der Waals surface area contributed by atoms with Crippen LogP contribution in [0.3, 0.4) is 0 Å². The van der Waals surface area contributed by atoms with E-state index in [4.69, 9.17) is 4.74 Å². The van der Waals surface area contributed by atoms with Crippen molar-refractivity contribution >= 4 is 5.97 Å². The lowest BCUT2D eigenvalue weighted by Crippen LogP contribution is -2.49. The molecule has 1 heterocycles. The van der Waals surface area contributed by atoms with Gasteiger partial charge in [0.1, 0.15) is 12.6 Å². The SMILES string of the molecule is O=C1OCCN(Cc2ccccc2)[C@H]1Cc1ccccc1. The average molecular weight is 281 g/mol. The predicted octanol–water partition coefficient (Wildman–Crippen LogP) is 2.66. The van der Waals surface area contributed by atoms with E-state index in [1.807, 2.05) is 36.4 Å². The van der Waals surface area contributed by atoms with Crippen molar-refractivity contribution in [2.75, 3.05) is 13.2 Å². The fraction of sp³-hybridized carbons (Fsp3) is 0.278. The van der Waals surface area contributed by atoms with E-state index in [0.717, 1.165) is 13.1 Å². The zero-order valence-electron chi connectivity index (χ0n) is 11.9. The molecule has 108 valence electrons. The third-order valence-corrected chi connectivity index (χ3v) is 3.84. The van der Waals surface area contributed by atoms with Crippen LogP contribution in [0.5, 0.6) is 0 Å². The Hall–Kier alpha value is -2.13. The largest absolute Gasteiger partial charge is 0.463 e. The van der Waals surface area contributed by atoms with Crippen molar-refractivity contribution in [3.63, 3.8) is 0 Å². The Kier molecular flexibility index (Phi) is 4.31. The van der Waals surface area contributed by atoms with Gasteiger partial charge in [-0.2, -0.15) is 0 Å². The maximum atomic E-state index is 12.1. The summed E-state index contributed by atoms with van der Waals surface area (Å²) in [6.07, 6.45) is 0.701. The molecule has 1 atom stereocenters. The first-order valence-electron chi connectivity index (χ1n) is 7.31. The number of nitrogens with zero attached hydrogens (tertiary/aromatic N) is 1. The molecule has 21 heavy (non-hydrogen) atoms. The Bertz CT molecular complexity index is 583. The normalized spacial score (nSPS) is 19.2. The van der Waals surface area contributed by atoms with Crippen LogP contribution < -0.4 is 0 Å². The minimum atomic E-state index is -0.193. The molecule has 0 unspecified atom stereocenters. The molecular weight excluding hydrogens is 262 g/mol. The topological polar surface area (TPSA) is 29.5 Å². The Balaban J connectivity index is 1.75. The van der Waals surface area contributed by atoms with Gasteiger partial charge in [-0.15, -0.1) is 0 Å². The highest BCUT2D eigenvalue weighted by Gasteiger charge is 2.31. The summed E-state index contributed by atoms with van der Waals surface area (Å²) >= 11 is 0. The fourth-order valence-corrected chi connectivity index (χ4v) is 2.72. The van der Waals surface area contributed by atoms with Gasteiger partial charge in [-0.3, -0.25) is 9.69 Å². The smallest absolute Gasteiger partial charge is 0.323 e. The Morgan fingerprint density at radius 3 is 2.24 bits per heavy atom. The summed E-state index contributed by atoms with van der Waals surface area (Å²) in [7, 11) is 0. The first-order valence-corrected chi connectivity index (χ1v) is 7.31. The minimum absolute atomic E-state index is 0.110. The maximum Gasteiger partial charge on any atom is 0.323 e. The van der Waals surface area contributed by atoms with Crippen LogP contribution in [0.15, 0.2) is 60.7 Å². The number of cyclic esters (lactones) is 1. The molecule has 0 amide bonds. The lowest BCUT2D eigenvalue weighted by molar-refractivity contribution is -0.157. The number of hydrogen-bond donors (Lipinski definition) is 0. The summed E-state index contributed by atoms with van der Waals surface area (Å²) in [5, 5.41) is 0. The number of esters is 1. The third kappa shape index (κ3) is 3.50. The lowest BCUT2D eigenvalue weighted by atomic mass is 10.0. The molecule has 0 saturated carbocycles. The van der Waals surface area contributed by atoms with Crippen LogP contribution in [-0.4, -0.2) is 30.1 Å². The number of benzene rings is 2. The first kappa shape index (κ1) is 13.8. The number of rotatable bonds is 4. The fourth-order valence-electron chi connectivity index (χ4n) is 2.72. The van der Waals surface area contributed by atoms with Crippen molar-refractivity contribution in [1.29, 1.82) is 0 Å². The van der Waals surface area contributed by atoms with Gasteiger partial charge >= 0.3 is 5.97 Å². The molecule has 1 fully saturated rings. The van der Waals surface area contributed by atoms with E-state index < -0.39 is 0 Å². The van der Waals surface area contributed by atoms with Crippen LogP contribution in [0.1, 0.15) is 11.1 Å². The molecule has 0 N–H and O–H groups in total. The van der Waals surface area contributed by atoms with E-state index in [1.165, 1.54) is 11.1 Å². The summed E-state index contributed by atoms with van der Waals surface area (Å²) in [6.45, 7) is 2.06. The summed E-state index contributed by atoms with van der Waals surface area (Å²) in [5.41, 5.74) is 2.39. The van der Waals surface area contributed by atoms with Crippen molar-refractivity contribution < 1.29 is 9.53 Å². The molecule has 3 heteroatoms. The molecular formula is C18H19NO2. The van der Waals surface area contributed by atoms with Crippen molar-refractivity contribution in [2.24, 2.45) is 0 Å². The highest BCUT2D eigenvalue weighted by molar-refractivity contribution is 5.76. The van der Waals surface area contributed by atoms with Gasteiger partial charge in [0.15, 0.2) is 0 Å². The molecule has 3 rings (SSSR count). The van der Waals surface area contributed by atoms with Gasteiger partial charge < -0.3 is 4.74 Å². The lowest BCUT2D eigenvalue weighted by Gasteiger charge is -2.34. The second-order valence-corrected chi connectivity index (χ2v) is 5.33. The Morgan fingerprint density at radius 2 is 1.57 bits per heavy atom. The number of ether oxygens (including phenoxy) is 1. The average Bonchev–Trinajstić information content (AvgIpc) is 2.53. The minimum Gasteiger partial charge on any atom is -0.463 e. The van der Waals surface area contributed by atoms with Crippen LogP contribution in [0.2, 0.25) is 0 Å². The molecule has 1 aliphatic heterocycles. The van der Waals surface area contributed by atoms with Gasteiger partial charge in [-0.25, -0.2) is 0 Å². The molecule has 0 radical (unpaired) electrons. The van der Waals surface area contributed by atoms with E-state index in [2.05, 4.69) is 29.2 Å². The zero-order chi connectivity index (χ0) is 14.5. The van der Waals surface area contributed by atoms with Gasteiger partial charge in [0.25, 0.3) is 0 Å². The molecule has 0 aromatic heterocycles. The molecule has 2 aromatic carbocycles. The first-order chi connectivity index (χ1) is 10.3. The van der Waals surface area contributed by atoms with E-state index >= 15 is 0 Å². The molecule has 2 aromatic rings. The second kappa shape index (κ2) is 6.55. The highest BCUT2D eigenvalue weighted by Crippen LogP contribution is 2.17. The van der Waals surface area contributed by atoms with Crippen molar-refractivity contribution in [2.45, 2.75) is 19.0 Å². The van der Waals surface area contributed by atoms with Gasteiger partial charge in [0.05, 0.1) is 0 Å². The van der Waals surface area contributed by atoms with Crippen LogP contribution in [-0.2, 0) is 22.5 Å². The van der Waals surface area contributed by atoms with Crippen molar-refractivity contribution in [3.05, 3.63) is 71.8 Å². The van der Waals surface area contributed by atoms with E-state index in [0.29, 0.717) is 13.0 Å².